The first-order chi connectivity index (χ1) is 15.2. The molecule has 1 amide bonds. The van der Waals surface area contributed by atoms with Crippen molar-refractivity contribution in [3.8, 4) is 5.75 Å². The van der Waals surface area contributed by atoms with Crippen LogP contribution < -0.4 is 14.8 Å². The number of sulfonamides is 1. The lowest BCUT2D eigenvalue weighted by Gasteiger charge is -2.35. The van der Waals surface area contributed by atoms with Crippen molar-refractivity contribution in [1.29, 1.82) is 0 Å². The van der Waals surface area contributed by atoms with E-state index in [0.717, 1.165) is 18.4 Å². The van der Waals surface area contributed by atoms with Crippen molar-refractivity contribution in [3.63, 3.8) is 0 Å². The standard InChI is InChI=1S/C25H34N2O4S/c1-17-8-14-22(15-9-17)32(29,30)27-24(20-10-12-21(31-4)13-11-20)16-25(28)26-23-7-5-6-18(2)19(23)3/h8-15,18-19,23-24,27H,5-7,16H2,1-4H3,(H,26,28). The predicted molar refractivity (Wildman–Crippen MR) is 126 cm³/mol. The van der Waals surface area contributed by atoms with E-state index >= 15 is 0 Å². The van der Waals surface area contributed by atoms with Gasteiger partial charge >= 0.3 is 0 Å². The van der Waals surface area contributed by atoms with Crippen LogP contribution in [0.15, 0.2) is 53.4 Å². The van der Waals surface area contributed by atoms with Crippen LogP contribution in [-0.2, 0) is 14.8 Å². The second-order valence-corrected chi connectivity index (χ2v) is 10.6. The van der Waals surface area contributed by atoms with Crippen LogP contribution in [-0.4, -0.2) is 27.5 Å². The van der Waals surface area contributed by atoms with Gasteiger partial charge in [0.25, 0.3) is 0 Å². The molecule has 4 unspecified atom stereocenters. The number of ether oxygens (including phenoxy) is 1. The van der Waals surface area contributed by atoms with Crippen LogP contribution in [0.5, 0.6) is 5.75 Å². The van der Waals surface area contributed by atoms with E-state index in [1.165, 1.54) is 6.42 Å². The minimum atomic E-state index is -3.80. The Hall–Kier alpha value is -2.38. The summed E-state index contributed by atoms with van der Waals surface area (Å²) in [6.45, 7) is 6.30. The monoisotopic (exact) mass is 458 g/mol. The van der Waals surface area contributed by atoms with Crippen LogP contribution in [0.2, 0.25) is 0 Å². The molecule has 4 atom stereocenters. The molecule has 3 rings (SSSR count). The van der Waals surface area contributed by atoms with E-state index in [1.54, 1.807) is 55.6 Å². The minimum absolute atomic E-state index is 0.0228. The van der Waals surface area contributed by atoms with Crippen LogP contribution in [0.25, 0.3) is 0 Å². The van der Waals surface area contributed by atoms with Crippen LogP contribution in [0.3, 0.4) is 0 Å². The first-order valence-corrected chi connectivity index (χ1v) is 12.7. The minimum Gasteiger partial charge on any atom is -0.497 e. The van der Waals surface area contributed by atoms with Gasteiger partial charge in [0.1, 0.15) is 5.75 Å². The van der Waals surface area contributed by atoms with Gasteiger partial charge in [0.15, 0.2) is 0 Å². The molecule has 1 aliphatic rings. The zero-order chi connectivity index (χ0) is 23.3. The molecule has 0 bridgehead atoms. The third-order valence-corrected chi connectivity index (χ3v) is 8.08. The van der Waals surface area contributed by atoms with E-state index in [9.17, 15) is 13.2 Å². The summed E-state index contributed by atoms with van der Waals surface area (Å²) in [5, 5.41) is 3.16. The summed E-state index contributed by atoms with van der Waals surface area (Å²) >= 11 is 0. The Balaban J connectivity index is 1.80. The van der Waals surface area contributed by atoms with Crippen molar-refractivity contribution in [3.05, 3.63) is 59.7 Å². The fourth-order valence-electron chi connectivity index (χ4n) is 4.27. The Morgan fingerprint density at radius 1 is 1.06 bits per heavy atom. The quantitative estimate of drug-likeness (QED) is 0.616. The highest BCUT2D eigenvalue weighted by Gasteiger charge is 2.30. The number of methoxy groups -OCH3 is 1. The molecule has 32 heavy (non-hydrogen) atoms. The number of hydrogen-bond donors (Lipinski definition) is 2. The predicted octanol–water partition coefficient (Wildman–Crippen LogP) is 4.35. The highest BCUT2D eigenvalue weighted by atomic mass is 32.2. The molecule has 0 heterocycles. The maximum atomic E-state index is 13.0. The molecule has 2 N–H and O–H groups in total. The summed E-state index contributed by atoms with van der Waals surface area (Å²) in [5.74, 6) is 1.48. The molecule has 174 valence electrons. The number of amides is 1. The lowest BCUT2D eigenvalue weighted by molar-refractivity contribution is -0.123. The van der Waals surface area contributed by atoms with E-state index < -0.39 is 16.1 Å². The molecule has 1 saturated carbocycles. The molecule has 0 spiro atoms. The van der Waals surface area contributed by atoms with Crippen LogP contribution in [0, 0.1) is 18.8 Å². The molecular weight excluding hydrogens is 424 g/mol. The summed E-state index contributed by atoms with van der Waals surface area (Å²) in [5.41, 5.74) is 1.69. The summed E-state index contributed by atoms with van der Waals surface area (Å²) in [6.07, 6.45) is 3.26. The molecule has 1 aliphatic carbocycles. The maximum absolute atomic E-state index is 13.0. The van der Waals surface area contributed by atoms with Gasteiger partial charge in [-0.1, -0.05) is 56.5 Å². The Labute approximate surface area is 191 Å². The Bertz CT molecular complexity index is 1000. The van der Waals surface area contributed by atoms with Gasteiger partial charge < -0.3 is 10.1 Å². The van der Waals surface area contributed by atoms with E-state index in [1.807, 2.05) is 6.92 Å². The SMILES string of the molecule is COc1ccc(C(CC(=O)NC2CCCC(C)C2C)NS(=O)(=O)c2ccc(C)cc2)cc1. The zero-order valence-corrected chi connectivity index (χ0v) is 20.1. The average molecular weight is 459 g/mol. The van der Waals surface area contributed by atoms with E-state index in [2.05, 4.69) is 23.9 Å². The molecule has 1 fully saturated rings. The summed E-state index contributed by atoms with van der Waals surface area (Å²) in [7, 11) is -2.22. The molecule has 6 nitrogen and oxygen atoms in total. The third-order valence-electron chi connectivity index (χ3n) is 6.59. The Kier molecular flexibility index (Phi) is 7.96. The molecule has 0 aromatic heterocycles. The number of hydrogen-bond acceptors (Lipinski definition) is 4. The number of carbonyl (C=O) groups excluding carboxylic acids is 1. The zero-order valence-electron chi connectivity index (χ0n) is 19.3. The first kappa shape index (κ1) is 24.3. The summed E-state index contributed by atoms with van der Waals surface area (Å²) < 4.78 is 34.1. The third kappa shape index (κ3) is 6.11. The molecular formula is C25H34N2O4S. The smallest absolute Gasteiger partial charge is 0.241 e. The van der Waals surface area contributed by atoms with Gasteiger partial charge in [0.05, 0.1) is 18.0 Å². The van der Waals surface area contributed by atoms with Crippen molar-refractivity contribution < 1.29 is 17.9 Å². The summed E-state index contributed by atoms with van der Waals surface area (Å²) in [4.78, 5) is 13.1. The molecule has 2 aromatic rings. The number of rotatable bonds is 8. The van der Waals surface area contributed by atoms with Gasteiger partial charge in [0, 0.05) is 12.5 Å². The highest BCUT2D eigenvalue weighted by molar-refractivity contribution is 7.89. The van der Waals surface area contributed by atoms with Gasteiger partial charge in [-0.15, -0.1) is 0 Å². The second kappa shape index (κ2) is 10.5. The highest BCUT2D eigenvalue weighted by Crippen LogP contribution is 2.30. The lowest BCUT2D eigenvalue weighted by atomic mass is 9.78. The van der Waals surface area contributed by atoms with Crippen LogP contribution >= 0.6 is 0 Å². The maximum Gasteiger partial charge on any atom is 0.241 e. The van der Waals surface area contributed by atoms with Crippen molar-refractivity contribution in [2.45, 2.75) is 63.4 Å². The Morgan fingerprint density at radius 3 is 2.34 bits per heavy atom. The number of carbonyl (C=O) groups is 1. The van der Waals surface area contributed by atoms with Crippen molar-refractivity contribution in [2.75, 3.05) is 7.11 Å². The van der Waals surface area contributed by atoms with Crippen molar-refractivity contribution in [2.24, 2.45) is 11.8 Å². The first-order valence-electron chi connectivity index (χ1n) is 11.2. The molecule has 7 heteroatoms. The molecule has 0 saturated heterocycles. The van der Waals surface area contributed by atoms with Gasteiger partial charge in [-0.2, -0.15) is 0 Å². The number of nitrogens with one attached hydrogen (secondary N) is 2. The fourth-order valence-corrected chi connectivity index (χ4v) is 5.50. The summed E-state index contributed by atoms with van der Waals surface area (Å²) in [6, 6.07) is 13.2. The topological polar surface area (TPSA) is 84.5 Å². The van der Waals surface area contributed by atoms with Crippen molar-refractivity contribution >= 4 is 15.9 Å². The van der Waals surface area contributed by atoms with E-state index in [-0.39, 0.29) is 23.3 Å². The number of aryl methyl sites for hydroxylation is 1. The Morgan fingerprint density at radius 2 is 1.72 bits per heavy atom. The van der Waals surface area contributed by atoms with E-state index in [4.69, 9.17) is 4.74 Å². The molecule has 0 aliphatic heterocycles. The van der Waals surface area contributed by atoms with Crippen molar-refractivity contribution in [1.82, 2.24) is 10.0 Å². The van der Waals surface area contributed by atoms with Crippen LogP contribution in [0.1, 0.15) is 56.7 Å². The normalized spacial score (nSPS) is 22.2. The van der Waals surface area contributed by atoms with Gasteiger partial charge in [0.2, 0.25) is 15.9 Å². The number of benzene rings is 2. The molecule has 2 aromatic carbocycles. The van der Waals surface area contributed by atoms with Gasteiger partial charge in [-0.25, -0.2) is 13.1 Å². The second-order valence-electron chi connectivity index (χ2n) is 8.91. The van der Waals surface area contributed by atoms with Crippen LogP contribution in [0.4, 0.5) is 0 Å². The largest absolute Gasteiger partial charge is 0.497 e. The average Bonchev–Trinajstić information content (AvgIpc) is 2.76. The van der Waals surface area contributed by atoms with Gasteiger partial charge in [-0.05, 0) is 55.0 Å². The van der Waals surface area contributed by atoms with E-state index in [0.29, 0.717) is 23.1 Å². The lowest BCUT2D eigenvalue weighted by Crippen LogP contribution is -2.45. The molecule has 0 radical (unpaired) electrons. The fraction of sp³-hybridized carbons (Fsp3) is 0.480. The van der Waals surface area contributed by atoms with Gasteiger partial charge in [-0.3, -0.25) is 4.79 Å².